The van der Waals surface area contributed by atoms with Gasteiger partial charge in [0.2, 0.25) is 0 Å². The second kappa shape index (κ2) is 8.30. The van der Waals surface area contributed by atoms with Gasteiger partial charge in [-0.3, -0.25) is 0 Å². The minimum atomic E-state index is -1.41. The number of rotatable bonds is 8. The topological polar surface area (TPSA) is 3.24 Å². The molecule has 0 fully saturated rings. The Hall–Kier alpha value is -1.38. The highest BCUT2D eigenvalue weighted by Crippen LogP contribution is 2.19. The molecule has 0 N–H and O–H groups in total. The molecule has 0 aliphatic rings. The van der Waals surface area contributed by atoms with E-state index < -0.39 is 8.07 Å². The molecule has 0 saturated carbocycles. The van der Waals surface area contributed by atoms with Crippen molar-refractivity contribution in [3.05, 3.63) is 71.8 Å². The standard InChI is InChI=1S/C20H29NSi/c1-4-21(5-2)18-22(3,16-19-12-8-6-9-13-19)17-20-14-10-7-11-15-20/h6-15H,4-5,16-18H2,1-3H3. The summed E-state index contributed by atoms with van der Waals surface area (Å²) in [6.45, 7) is 9.45. The summed E-state index contributed by atoms with van der Waals surface area (Å²) in [5.74, 6) is 0. The zero-order chi connectivity index (χ0) is 15.8. The van der Waals surface area contributed by atoms with Gasteiger partial charge in [-0.25, -0.2) is 0 Å². The molecule has 0 amide bonds. The summed E-state index contributed by atoms with van der Waals surface area (Å²) in [6.07, 6.45) is 1.28. The maximum absolute atomic E-state index is 2.61. The van der Waals surface area contributed by atoms with E-state index in [-0.39, 0.29) is 0 Å². The predicted octanol–water partition coefficient (Wildman–Crippen LogP) is 4.51. The van der Waals surface area contributed by atoms with E-state index in [0.717, 1.165) is 13.1 Å². The van der Waals surface area contributed by atoms with Gasteiger partial charge < -0.3 is 4.90 Å². The van der Waals surface area contributed by atoms with Gasteiger partial charge >= 0.3 is 0 Å². The Kier molecular flexibility index (Phi) is 6.41. The Labute approximate surface area is 137 Å². The van der Waals surface area contributed by atoms with Gasteiger partial charge in [0.1, 0.15) is 0 Å². The van der Waals surface area contributed by atoms with E-state index in [2.05, 4.69) is 86.0 Å². The normalized spacial score (nSPS) is 11.8. The maximum atomic E-state index is 2.61. The zero-order valence-electron chi connectivity index (χ0n) is 14.3. The number of hydrogen-bond donors (Lipinski definition) is 0. The third-order valence-electron chi connectivity index (χ3n) is 4.45. The first-order chi connectivity index (χ1) is 10.6. The molecule has 2 rings (SSSR count). The van der Waals surface area contributed by atoms with Crippen molar-refractivity contribution >= 4 is 8.07 Å². The first-order valence-electron chi connectivity index (χ1n) is 8.45. The summed E-state index contributed by atoms with van der Waals surface area (Å²) >= 11 is 0. The average molecular weight is 312 g/mol. The monoisotopic (exact) mass is 311 g/mol. The van der Waals surface area contributed by atoms with Crippen molar-refractivity contribution in [2.75, 3.05) is 19.3 Å². The molecule has 0 aliphatic heterocycles. The van der Waals surface area contributed by atoms with E-state index >= 15 is 0 Å². The lowest BCUT2D eigenvalue weighted by Crippen LogP contribution is -2.49. The SMILES string of the molecule is CCN(CC)C[Si](C)(Cc1ccccc1)Cc1ccccc1. The third-order valence-corrected chi connectivity index (χ3v) is 8.18. The van der Waals surface area contributed by atoms with Crippen LogP contribution in [0.15, 0.2) is 60.7 Å². The van der Waals surface area contributed by atoms with Crippen molar-refractivity contribution in [3.63, 3.8) is 0 Å². The summed E-state index contributed by atoms with van der Waals surface area (Å²) in [5.41, 5.74) is 3.00. The van der Waals surface area contributed by atoms with Crippen LogP contribution >= 0.6 is 0 Å². The fourth-order valence-electron chi connectivity index (χ4n) is 3.34. The average Bonchev–Trinajstić information content (AvgIpc) is 2.54. The van der Waals surface area contributed by atoms with Crippen LogP contribution in [-0.2, 0) is 12.1 Å². The molecule has 0 spiro atoms. The zero-order valence-corrected chi connectivity index (χ0v) is 15.3. The Bertz CT molecular complexity index is 493. The maximum Gasteiger partial charge on any atom is 0.0746 e. The molecule has 0 saturated heterocycles. The Morgan fingerprint density at radius 3 is 1.50 bits per heavy atom. The molecule has 1 nitrogen and oxygen atoms in total. The van der Waals surface area contributed by atoms with E-state index in [1.54, 1.807) is 0 Å². The van der Waals surface area contributed by atoms with Crippen LogP contribution < -0.4 is 0 Å². The van der Waals surface area contributed by atoms with Crippen LogP contribution in [0.4, 0.5) is 0 Å². The van der Waals surface area contributed by atoms with E-state index in [1.165, 1.54) is 29.4 Å². The van der Waals surface area contributed by atoms with Gasteiger partial charge in [-0.15, -0.1) is 0 Å². The van der Waals surface area contributed by atoms with Gasteiger partial charge in [0.05, 0.1) is 8.07 Å². The highest BCUT2D eigenvalue weighted by atomic mass is 28.3. The first-order valence-corrected chi connectivity index (χ1v) is 11.6. The molecule has 0 unspecified atom stereocenters. The molecule has 2 heteroatoms. The summed E-state index contributed by atoms with van der Waals surface area (Å²) < 4.78 is 0. The number of benzene rings is 2. The fraction of sp³-hybridized carbons (Fsp3) is 0.400. The molecule has 22 heavy (non-hydrogen) atoms. The molecule has 0 bridgehead atoms. The first kappa shape index (κ1) is 17.0. The second-order valence-electron chi connectivity index (χ2n) is 6.60. The van der Waals surface area contributed by atoms with Crippen LogP contribution in [0.1, 0.15) is 25.0 Å². The lowest BCUT2D eigenvalue weighted by molar-refractivity contribution is 0.346. The molecule has 0 heterocycles. The van der Waals surface area contributed by atoms with Crippen LogP contribution in [0.5, 0.6) is 0 Å². The number of hydrogen-bond acceptors (Lipinski definition) is 1. The molecular weight excluding hydrogens is 282 g/mol. The largest absolute Gasteiger partial charge is 0.307 e. The van der Waals surface area contributed by atoms with Crippen molar-refractivity contribution in [1.29, 1.82) is 0 Å². The predicted molar refractivity (Wildman–Crippen MR) is 99.7 cm³/mol. The second-order valence-corrected chi connectivity index (χ2v) is 11.2. The summed E-state index contributed by atoms with van der Waals surface area (Å²) in [7, 11) is -1.41. The van der Waals surface area contributed by atoms with Gasteiger partial charge in [0.25, 0.3) is 0 Å². The Balaban J connectivity index is 2.19. The smallest absolute Gasteiger partial charge is 0.0746 e. The summed E-state index contributed by atoms with van der Waals surface area (Å²) in [6, 6.07) is 24.6. The molecule has 118 valence electrons. The lowest BCUT2D eigenvalue weighted by atomic mass is 10.2. The van der Waals surface area contributed by atoms with Crippen molar-refractivity contribution < 1.29 is 0 Å². The molecular formula is C20H29NSi. The molecule has 0 radical (unpaired) electrons. The van der Waals surface area contributed by atoms with Crippen molar-refractivity contribution in [3.8, 4) is 0 Å². The van der Waals surface area contributed by atoms with E-state index in [1.807, 2.05) is 0 Å². The van der Waals surface area contributed by atoms with Crippen molar-refractivity contribution in [2.45, 2.75) is 32.5 Å². The Morgan fingerprint density at radius 1 is 0.727 bits per heavy atom. The van der Waals surface area contributed by atoms with Crippen molar-refractivity contribution in [1.82, 2.24) is 4.90 Å². The van der Waals surface area contributed by atoms with Crippen LogP contribution in [0.3, 0.4) is 0 Å². The van der Waals surface area contributed by atoms with Crippen LogP contribution in [0, 0.1) is 0 Å². The van der Waals surface area contributed by atoms with E-state index in [9.17, 15) is 0 Å². The summed E-state index contributed by atoms with van der Waals surface area (Å²) in [5, 5.41) is 0. The van der Waals surface area contributed by atoms with Gasteiger partial charge in [0, 0.05) is 0 Å². The lowest BCUT2D eigenvalue weighted by Gasteiger charge is -2.33. The number of nitrogens with zero attached hydrogens (tertiary/aromatic N) is 1. The molecule has 2 aromatic rings. The van der Waals surface area contributed by atoms with Crippen molar-refractivity contribution in [2.24, 2.45) is 0 Å². The third kappa shape index (κ3) is 5.11. The Morgan fingerprint density at radius 2 is 1.14 bits per heavy atom. The quantitative estimate of drug-likeness (QED) is 0.648. The molecule has 0 aromatic heterocycles. The van der Waals surface area contributed by atoms with Gasteiger partial charge in [-0.1, -0.05) is 92.2 Å². The highest BCUT2D eigenvalue weighted by molar-refractivity contribution is 6.77. The molecule has 0 aliphatic carbocycles. The summed E-state index contributed by atoms with van der Waals surface area (Å²) in [4.78, 5) is 2.61. The van der Waals surface area contributed by atoms with Crippen LogP contribution in [-0.4, -0.2) is 32.2 Å². The molecule has 0 atom stereocenters. The van der Waals surface area contributed by atoms with Gasteiger partial charge in [-0.05, 0) is 31.3 Å². The molecule has 2 aromatic carbocycles. The highest BCUT2D eigenvalue weighted by Gasteiger charge is 2.29. The van der Waals surface area contributed by atoms with E-state index in [4.69, 9.17) is 0 Å². The van der Waals surface area contributed by atoms with Crippen LogP contribution in [0.25, 0.3) is 0 Å². The fourth-order valence-corrected chi connectivity index (χ4v) is 7.66. The van der Waals surface area contributed by atoms with Gasteiger partial charge in [0.15, 0.2) is 0 Å². The minimum Gasteiger partial charge on any atom is -0.307 e. The minimum absolute atomic E-state index is 1.16. The van der Waals surface area contributed by atoms with Gasteiger partial charge in [-0.2, -0.15) is 0 Å². The van der Waals surface area contributed by atoms with Crippen LogP contribution in [0.2, 0.25) is 6.55 Å². The van der Waals surface area contributed by atoms with E-state index in [0.29, 0.717) is 0 Å².